The summed E-state index contributed by atoms with van der Waals surface area (Å²) in [7, 11) is 0. The van der Waals surface area contributed by atoms with E-state index in [9.17, 15) is 13.2 Å². The summed E-state index contributed by atoms with van der Waals surface area (Å²) < 4.78 is 47.4. The fraction of sp³-hybridized carbons (Fsp3) is 0.200. The Balaban J connectivity index is 2.19. The fourth-order valence-electron chi connectivity index (χ4n) is 1.67. The van der Waals surface area contributed by atoms with Gasteiger partial charge in [-0.25, -0.2) is 0 Å². The minimum absolute atomic E-state index is 0.105. The van der Waals surface area contributed by atoms with Gasteiger partial charge < -0.3 is 14.5 Å². The van der Waals surface area contributed by atoms with E-state index in [0.717, 1.165) is 6.07 Å². The lowest BCUT2D eigenvalue weighted by Crippen LogP contribution is -2.04. The molecule has 84 valence electrons. The summed E-state index contributed by atoms with van der Waals surface area (Å²) in [6, 6.07) is 4.09. The molecule has 0 amide bonds. The molecule has 1 N–H and O–H groups in total. The van der Waals surface area contributed by atoms with Crippen LogP contribution in [0.25, 0.3) is 10.9 Å². The molecule has 0 saturated carbocycles. The SMILES string of the molecule is FC(F)(F)c1cc2cc3c(cc2[nH]1)OCO3. The molecule has 3 nitrogen and oxygen atoms in total. The third kappa shape index (κ3) is 1.30. The molecule has 0 saturated heterocycles. The maximum Gasteiger partial charge on any atom is 0.431 e. The molecule has 1 aromatic heterocycles. The number of nitrogens with one attached hydrogen (secondary N) is 1. The van der Waals surface area contributed by atoms with Crippen molar-refractivity contribution in [3.63, 3.8) is 0 Å². The van der Waals surface area contributed by atoms with Crippen molar-refractivity contribution < 1.29 is 22.6 Å². The summed E-state index contributed by atoms with van der Waals surface area (Å²) in [6.45, 7) is 0.105. The van der Waals surface area contributed by atoms with E-state index in [2.05, 4.69) is 4.98 Å². The Morgan fingerprint density at radius 2 is 1.75 bits per heavy atom. The lowest BCUT2D eigenvalue weighted by atomic mass is 10.2. The Kier molecular flexibility index (Phi) is 1.66. The fourth-order valence-corrected chi connectivity index (χ4v) is 1.67. The highest BCUT2D eigenvalue weighted by atomic mass is 19.4. The van der Waals surface area contributed by atoms with Crippen LogP contribution >= 0.6 is 0 Å². The normalized spacial score (nSPS) is 14.7. The summed E-state index contributed by atoms with van der Waals surface area (Å²) in [5.41, 5.74) is -0.386. The van der Waals surface area contributed by atoms with Crippen molar-refractivity contribution in [1.29, 1.82) is 0 Å². The molecule has 0 bridgehead atoms. The number of aromatic amines is 1. The van der Waals surface area contributed by atoms with Gasteiger partial charge in [0.25, 0.3) is 0 Å². The molecule has 0 radical (unpaired) electrons. The standard InChI is InChI=1S/C10H6F3NO2/c11-10(12,13)9-2-5-1-7-8(16-4-15-7)3-6(5)14-9/h1-3,14H,4H2. The molecule has 0 atom stereocenters. The third-order valence-corrected chi connectivity index (χ3v) is 2.42. The molecular formula is C10H6F3NO2. The summed E-state index contributed by atoms with van der Waals surface area (Å²) in [6.07, 6.45) is -4.37. The Labute approximate surface area is 87.8 Å². The highest BCUT2D eigenvalue weighted by Crippen LogP contribution is 2.38. The lowest BCUT2D eigenvalue weighted by Gasteiger charge is -2.00. The van der Waals surface area contributed by atoms with Gasteiger partial charge in [-0.3, -0.25) is 0 Å². The highest BCUT2D eigenvalue weighted by molar-refractivity contribution is 5.84. The summed E-state index contributed by atoms with van der Waals surface area (Å²) in [4.78, 5) is 2.30. The molecule has 1 aromatic carbocycles. The Morgan fingerprint density at radius 3 is 2.44 bits per heavy atom. The minimum Gasteiger partial charge on any atom is -0.454 e. The van der Waals surface area contributed by atoms with Crippen LogP contribution < -0.4 is 9.47 Å². The number of hydrogen-bond donors (Lipinski definition) is 1. The molecule has 0 unspecified atom stereocenters. The van der Waals surface area contributed by atoms with Gasteiger partial charge in [-0.1, -0.05) is 0 Å². The van der Waals surface area contributed by atoms with Crippen LogP contribution in [0.1, 0.15) is 5.69 Å². The van der Waals surface area contributed by atoms with Gasteiger partial charge in [-0.05, 0) is 12.1 Å². The average Bonchev–Trinajstić information content (AvgIpc) is 2.75. The minimum atomic E-state index is -4.37. The van der Waals surface area contributed by atoms with Crippen LogP contribution in [0.15, 0.2) is 18.2 Å². The van der Waals surface area contributed by atoms with E-state index >= 15 is 0 Å². The van der Waals surface area contributed by atoms with Crippen LogP contribution in [0.4, 0.5) is 13.2 Å². The zero-order valence-electron chi connectivity index (χ0n) is 7.89. The molecule has 16 heavy (non-hydrogen) atoms. The van der Waals surface area contributed by atoms with Gasteiger partial charge in [0.15, 0.2) is 11.5 Å². The molecule has 2 heterocycles. The summed E-state index contributed by atoms with van der Waals surface area (Å²) in [5, 5.41) is 0.455. The van der Waals surface area contributed by atoms with E-state index in [1.807, 2.05) is 0 Å². The third-order valence-electron chi connectivity index (χ3n) is 2.42. The van der Waals surface area contributed by atoms with Gasteiger partial charge in [0.1, 0.15) is 5.69 Å². The van der Waals surface area contributed by atoms with Crippen LogP contribution in [0.2, 0.25) is 0 Å². The molecule has 2 aromatic rings. The van der Waals surface area contributed by atoms with Gasteiger partial charge in [0.2, 0.25) is 6.79 Å². The first-order chi connectivity index (χ1) is 7.54. The number of alkyl halides is 3. The lowest BCUT2D eigenvalue weighted by molar-refractivity contribution is -0.140. The molecule has 0 spiro atoms. The molecule has 1 aliphatic heterocycles. The van der Waals surface area contributed by atoms with Crippen molar-refractivity contribution in [2.75, 3.05) is 6.79 Å². The number of fused-ring (bicyclic) bond motifs is 2. The highest BCUT2D eigenvalue weighted by Gasteiger charge is 2.32. The van der Waals surface area contributed by atoms with Gasteiger partial charge in [-0.15, -0.1) is 0 Å². The molecule has 6 heteroatoms. The predicted molar refractivity (Wildman–Crippen MR) is 49.4 cm³/mol. The van der Waals surface area contributed by atoms with Crippen molar-refractivity contribution in [1.82, 2.24) is 4.98 Å². The van der Waals surface area contributed by atoms with Crippen molar-refractivity contribution in [2.45, 2.75) is 6.18 Å². The van der Waals surface area contributed by atoms with Crippen LogP contribution in [0, 0.1) is 0 Å². The zero-order valence-corrected chi connectivity index (χ0v) is 7.89. The van der Waals surface area contributed by atoms with Gasteiger partial charge in [-0.2, -0.15) is 13.2 Å². The second-order valence-corrected chi connectivity index (χ2v) is 3.47. The second kappa shape index (κ2) is 2.84. The Morgan fingerprint density at radius 1 is 1.06 bits per heavy atom. The van der Waals surface area contributed by atoms with Crippen molar-refractivity contribution in [3.8, 4) is 11.5 Å². The first-order valence-corrected chi connectivity index (χ1v) is 4.53. The van der Waals surface area contributed by atoms with E-state index in [4.69, 9.17) is 9.47 Å². The van der Waals surface area contributed by atoms with Crippen molar-refractivity contribution in [2.24, 2.45) is 0 Å². The van der Waals surface area contributed by atoms with Crippen LogP contribution in [0.5, 0.6) is 11.5 Å². The first kappa shape index (κ1) is 9.38. The summed E-state index contributed by atoms with van der Waals surface area (Å²) in [5.74, 6) is 0.934. The number of benzene rings is 1. The van der Waals surface area contributed by atoms with Crippen molar-refractivity contribution in [3.05, 3.63) is 23.9 Å². The molecule has 0 aliphatic carbocycles. The Hall–Kier alpha value is -1.85. The number of H-pyrrole nitrogens is 1. The summed E-state index contributed by atoms with van der Waals surface area (Å²) >= 11 is 0. The largest absolute Gasteiger partial charge is 0.454 e. The maximum absolute atomic E-state index is 12.4. The predicted octanol–water partition coefficient (Wildman–Crippen LogP) is 2.92. The van der Waals surface area contributed by atoms with Crippen LogP contribution in [0.3, 0.4) is 0 Å². The van der Waals surface area contributed by atoms with Gasteiger partial charge in [0, 0.05) is 17.0 Å². The maximum atomic E-state index is 12.4. The van der Waals surface area contributed by atoms with Crippen LogP contribution in [-0.2, 0) is 6.18 Å². The number of ether oxygens (including phenoxy) is 2. The van der Waals surface area contributed by atoms with Gasteiger partial charge >= 0.3 is 6.18 Å². The average molecular weight is 229 g/mol. The number of halogens is 3. The molecule has 3 rings (SSSR count). The molecular weight excluding hydrogens is 223 g/mol. The quantitative estimate of drug-likeness (QED) is 0.753. The van der Waals surface area contributed by atoms with Crippen LogP contribution in [-0.4, -0.2) is 11.8 Å². The first-order valence-electron chi connectivity index (χ1n) is 4.53. The number of aromatic nitrogens is 1. The molecule has 1 aliphatic rings. The number of rotatable bonds is 0. The van der Waals surface area contributed by atoms with Crippen molar-refractivity contribution >= 4 is 10.9 Å². The smallest absolute Gasteiger partial charge is 0.431 e. The topological polar surface area (TPSA) is 34.2 Å². The monoisotopic (exact) mass is 229 g/mol. The second-order valence-electron chi connectivity index (χ2n) is 3.47. The van der Waals surface area contributed by atoms with E-state index in [0.29, 0.717) is 22.4 Å². The number of hydrogen-bond acceptors (Lipinski definition) is 2. The molecule has 0 fully saturated rings. The van der Waals surface area contributed by atoms with E-state index < -0.39 is 11.9 Å². The van der Waals surface area contributed by atoms with E-state index in [1.165, 1.54) is 12.1 Å². The van der Waals surface area contributed by atoms with E-state index in [1.54, 1.807) is 0 Å². The Bertz CT molecular complexity index is 518. The van der Waals surface area contributed by atoms with Gasteiger partial charge in [0.05, 0.1) is 0 Å². The zero-order chi connectivity index (χ0) is 11.3. The van der Waals surface area contributed by atoms with E-state index in [-0.39, 0.29) is 6.79 Å².